The second kappa shape index (κ2) is 16.0. The molecule has 230 valence electrons. The molecule has 7 heteroatoms. The van der Waals surface area contributed by atoms with Crippen LogP contribution in [0.25, 0.3) is 11.0 Å². The normalized spacial score (nSPS) is 11.2. The van der Waals surface area contributed by atoms with Crippen molar-refractivity contribution >= 4 is 16.9 Å². The topological polar surface area (TPSA) is 74.6 Å². The molecule has 0 aliphatic rings. The van der Waals surface area contributed by atoms with Gasteiger partial charge in [-0.1, -0.05) is 50.6 Å². The van der Waals surface area contributed by atoms with Crippen LogP contribution in [0, 0.1) is 6.92 Å². The zero-order valence-electron chi connectivity index (χ0n) is 26.4. The van der Waals surface area contributed by atoms with Gasteiger partial charge >= 0.3 is 0 Å². The van der Waals surface area contributed by atoms with Crippen molar-refractivity contribution in [3.8, 4) is 17.2 Å². The Balaban J connectivity index is 1.21. The Labute approximate surface area is 256 Å². The summed E-state index contributed by atoms with van der Waals surface area (Å²) in [6, 6.07) is 20.5. The lowest BCUT2D eigenvalue weighted by Gasteiger charge is -2.15. The number of rotatable bonds is 17. The van der Waals surface area contributed by atoms with Crippen LogP contribution in [0.15, 0.2) is 60.7 Å². The van der Waals surface area contributed by atoms with Crippen molar-refractivity contribution in [3.63, 3.8) is 0 Å². The zero-order chi connectivity index (χ0) is 30.6. The summed E-state index contributed by atoms with van der Waals surface area (Å²) >= 11 is 0. The SMILES string of the molecule is COc1ccc(CC(=O)NCCCCCc2nc3ccccc3n2CCCCOc2cc(C)ccc2C(C)C)cc1OC. The van der Waals surface area contributed by atoms with E-state index in [1.807, 2.05) is 18.2 Å². The van der Waals surface area contributed by atoms with E-state index in [9.17, 15) is 4.79 Å². The molecule has 7 nitrogen and oxygen atoms in total. The van der Waals surface area contributed by atoms with Gasteiger partial charge in [-0.3, -0.25) is 4.79 Å². The average molecular weight is 586 g/mol. The third-order valence-electron chi connectivity index (χ3n) is 7.77. The third kappa shape index (κ3) is 8.99. The number of fused-ring (bicyclic) bond motifs is 1. The van der Waals surface area contributed by atoms with Gasteiger partial charge in [-0.05, 0) is 85.5 Å². The lowest BCUT2D eigenvalue weighted by molar-refractivity contribution is -0.120. The zero-order valence-corrected chi connectivity index (χ0v) is 26.4. The van der Waals surface area contributed by atoms with Gasteiger partial charge in [-0.15, -0.1) is 0 Å². The number of carbonyl (C=O) groups excluding carboxylic acids is 1. The van der Waals surface area contributed by atoms with Crippen LogP contribution in [-0.2, 0) is 24.2 Å². The molecule has 4 rings (SSSR count). The van der Waals surface area contributed by atoms with E-state index in [0.29, 0.717) is 37.0 Å². The number of benzene rings is 3. The summed E-state index contributed by atoms with van der Waals surface area (Å²) in [5.41, 5.74) is 5.65. The second-order valence-corrected chi connectivity index (χ2v) is 11.4. The summed E-state index contributed by atoms with van der Waals surface area (Å²) < 4.78 is 19.2. The van der Waals surface area contributed by atoms with Crippen LogP contribution < -0.4 is 19.5 Å². The highest BCUT2D eigenvalue weighted by atomic mass is 16.5. The van der Waals surface area contributed by atoms with Crippen LogP contribution >= 0.6 is 0 Å². The Bertz CT molecular complexity index is 1480. The Morgan fingerprint density at radius 2 is 1.70 bits per heavy atom. The van der Waals surface area contributed by atoms with Crippen molar-refractivity contribution in [2.75, 3.05) is 27.4 Å². The number of aromatic nitrogens is 2. The molecule has 0 spiro atoms. The molecule has 0 saturated heterocycles. The van der Waals surface area contributed by atoms with Gasteiger partial charge in [-0.25, -0.2) is 4.98 Å². The smallest absolute Gasteiger partial charge is 0.224 e. The number of imidazole rings is 1. The lowest BCUT2D eigenvalue weighted by atomic mass is 10.0. The molecule has 1 aromatic heterocycles. The van der Waals surface area contributed by atoms with Crippen molar-refractivity contribution in [1.29, 1.82) is 0 Å². The monoisotopic (exact) mass is 585 g/mol. The van der Waals surface area contributed by atoms with Crippen LogP contribution in [0.2, 0.25) is 0 Å². The van der Waals surface area contributed by atoms with Gasteiger partial charge in [0.25, 0.3) is 0 Å². The number of para-hydroxylation sites is 2. The fourth-order valence-corrected chi connectivity index (χ4v) is 5.41. The number of methoxy groups -OCH3 is 2. The molecule has 0 bridgehead atoms. The number of nitrogens with zero attached hydrogens (tertiary/aromatic N) is 2. The first-order valence-electron chi connectivity index (χ1n) is 15.5. The van der Waals surface area contributed by atoms with Crippen molar-refractivity contribution in [3.05, 3.63) is 83.2 Å². The summed E-state index contributed by atoms with van der Waals surface area (Å²) in [6.07, 6.45) is 6.26. The van der Waals surface area contributed by atoms with Crippen molar-refractivity contribution in [2.24, 2.45) is 0 Å². The summed E-state index contributed by atoms with van der Waals surface area (Å²) in [7, 11) is 3.20. The van der Waals surface area contributed by atoms with E-state index in [0.717, 1.165) is 67.7 Å². The first-order valence-corrected chi connectivity index (χ1v) is 15.5. The Hall–Kier alpha value is -4.00. The number of aryl methyl sites for hydroxylation is 3. The van der Waals surface area contributed by atoms with E-state index >= 15 is 0 Å². The van der Waals surface area contributed by atoms with Gasteiger partial charge in [-0.2, -0.15) is 0 Å². The Morgan fingerprint density at radius 1 is 0.884 bits per heavy atom. The van der Waals surface area contributed by atoms with Gasteiger partial charge in [0.05, 0.1) is 38.3 Å². The highest BCUT2D eigenvalue weighted by Crippen LogP contribution is 2.29. The first-order chi connectivity index (χ1) is 20.9. The predicted molar refractivity (Wildman–Crippen MR) is 174 cm³/mol. The second-order valence-electron chi connectivity index (χ2n) is 11.4. The quantitative estimate of drug-likeness (QED) is 0.131. The minimum atomic E-state index is 0.0146. The minimum Gasteiger partial charge on any atom is -0.493 e. The summed E-state index contributed by atoms with van der Waals surface area (Å²) in [5, 5.41) is 3.05. The number of carbonyl (C=O) groups is 1. The molecule has 0 aliphatic heterocycles. The van der Waals surface area contributed by atoms with Gasteiger partial charge in [0.15, 0.2) is 11.5 Å². The van der Waals surface area contributed by atoms with Crippen LogP contribution in [0.5, 0.6) is 17.2 Å². The van der Waals surface area contributed by atoms with Crippen LogP contribution in [0.3, 0.4) is 0 Å². The van der Waals surface area contributed by atoms with Crippen LogP contribution in [0.1, 0.15) is 74.4 Å². The lowest BCUT2D eigenvalue weighted by Crippen LogP contribution is -2.26. The maximum absolute atomic E-state index is 12.4. The molecule has 4 aromatic rings. The fourth-order valence-electron chi connectivity index (χ4n) is 5.41. The summed E-state index contributed by atoms with van der Waals surface area (Å²) in [6.45, 7) is 8.84. The van der Waals surface area contributed by atoms with Gasteiger partial charge < -0.3 is 24.1 Å². The van der Waals surface area contributed by atoms with E-state index in [-0.39, 0.29) is 5.91 Å². The van der Waals surface area contributed by atoms with Gasteiger partial charge in [0.1, 0.15) is 11.6 Å². The van der Waals surface area contributed by atoms with Crippen LogP contribution in [-0.4, -0.2) is 42.8 Å². The minimum absolute atomic E-state index is 0.0146. The number of ether oxygens (including phenoxy) is 3. The number of nitrogens with one attached hydrogen (secondary N) is 1. The molecule has 0 saturated carbocycles. The molecule has 0 unspecified atom stereocenters. The molecule has 3 aromatic carbocycles. The standard InChI is InChI=1S/C36H47N3O4/c1-26(2)29-18-16-27(3)23-33(29)43-22-12-11-21-39-31-14-9-8-13-30(31)38-35(39)15-7-6-10-20-37-36(40)25-28-17-19-32(41-4)34(24-28)42-5/h8-9,13-14,16-19,23-24,26H,6-7,10-12,15,20-22,25H2,1-5H3,(H,37,40). The van der Waals surface area contributed by atoms with Gasteiger partial charge in [0, 0.05) is 19.5 Å². The van der Waals surface area contributed by atoms with Crippen molar-refractivity contribution in [2.45, 2.75) is 78.2 Å². The maximum atomic E-state index is 12.4. The molecular formula is C36H47N3O4. The third-order valence-corrected chi connectivity index (χ3v) is 7.77. The molecule has 1 amide bonds. The van der Waals surface area contributed by atoms with E-state index in [2.05, 4.69) is 73.1 Å². The molecule has 0 aliphatic carbocycles. The molecule has 0 fully saturated rings. The van der Waals surface area contributed by atoms with Crippen LogP contribution in [0.4, 0.5) is 0 Å². The number of hydrogen-bond donors (Lipinski definition) is 1. The Morgan fingerprint density at radius 3 is 2.49 bits per heavy atom. The van der Waals surface area contributed by atoms with E-state index in [4.69, 9.17) is 19.2 Å². The van der Waals surface area contributed by atoms with E-state index in [1.54, 1.807) is 14.2 Å². The first kappa shape index (κ1) is 31.9. The molecule has 0 radical (unpaired) electrons. The number of amides is 1. The van der Waals surface area contributed by atoms with Gasteiger partial charge in [0.2, 0.25) is 5.91 Å². The Kier molecular flexibility index (Phi) is 11.9. The molecule has 1 heterocycles. The maximum Gasteiger partial charge on any atom is 0.224 e. The fraction of sp³-hybridized carbons (Fsp3) is 0.444. The molecule has 1 N–H and O–H groups in total. The van der Waals surface area contributed by atoms with E-state index in [1.165, 1.54) is 16.6 Å². The molecule has 43 heavy (non-hydrogen) atoms. The highest BCUT2D eigenvalue weighted by Gasteiger charge is 2.12. The van der Waals surface area contributed by atoms with Crippen molar-refractivity contribution < 1.29 is 19.0 Å². The summed E-state index contributed by atoms with van der Waals surface area (Å²) in [5.74, 6) is 3.90. The predicted octanol–water partition coefficient (Wildman–Crippen LogP) is 7.42. The summed E-state index contributed by atoms with van der Waals surface area (Å²) in [4.78, 5) is 17.4. The average Bonchev–Trinajstić information content (AvgIpc) is 3.35. The van der Waals surface area contributed by atoms with E-state index < -0.39 is 0 Å². The van der Waals surface area contributed by atoms with Crippen molar-refractivity contribution in [1.82, 2.24) is 14.9 Å². The largest absolute Gasteiger partial charge is 0.493 e. The molecule has 0 atom stereocenters. The number of unbranched alkanes of at least 4 members (excludes halogenated alkanes) is 3. The highest BCUT2D eigenvalue weighted by molar-refractivity contribution is 5.78. The number of hydrogen-bond acceptors (Lipinski definition) is 5. The molecular weight excluding hydrogens is 538 g/mol.